The Hall–Kier alpha value is -2.22. The van der Waals surface area contributed by atoms with Crippen molar-refractivity contribution < 1.29 is 9.47 Å². The number of rotatable bonds is 3. The summed E-state index contributed by atoms with van der Waals surface area (Å²) < 4.78 is 11.4. The van der Waals surface area contributed by atoms with E-state index in [0.29, 0.717) is 6.61 Å². The van der Waals surface area contributed by atoms with Crippen molar-refractivity contribution in [3.63, 3.8) is 0 Å². The van der Waals surface area contributed by atoms with Gasteiger partial charge in [-0.1, -0.05) is 56.3 Å². The van der Waals surface area contributed by atoms with Gasteiger partial charge in [0, 0.05) is 16.6 Å². The average molecular weight is 280 g/mol. The van der Waals surface area contributed by atoms with E-state index in [4.69, 9.17) is 9.47 Å². The third-order valence-corrected chi connectivity index (χ3v) is 3.88. The Morgan fingerprint density at radius 1 is 0.952 bits per heavy atom. The first-order valence-corrected chi connectivity index (χ1v) is 7.19. The van der Waals surface area contributed by atoms with Gasteiger partial charge in [-0.3, -0.25) is 0 Å². The minimum absolute atomic E-state index is 0.000235. The summed E-state index contributed by atoms with van der Waals surface area (Å²) in [7, 11) is 1.69. The molecule has 2 nitrogen and oxygen atoms in total. The molecule has 0 fully saturated rings. The molecule has 1 aliphatic heterocycles. The Labute approximate surface area is 126 Å². The third kappa shape index (κ3) is 2.54. The smallest absolute Gasteiger partial charge is 0.131 e. The minimum atomic E-state index is -0.000235. The van der Waals surface area contributed by atoms with E-state index < -0.39 is 0 Å². The highest BCUT2D eigenvalue weighted by atomic mass is 16.5. The van der Waals surface area contributed by atoms with E-state index in [1.807, 2.05) is 24.3 Å². The van der Waals surface area contributed by atoms with E-state index in [9.17, 15) is 0 Å². The highest BCUT2D eigenvalue weighted by molar-refractivity contribution is 5.92. The van der Waals surface area contributed by atoms with E-state index in [0.717, 1.165) is 17.1 Å². The van der Waals surface area contributed by atoms with Gasteiger partial charge in [0.15, 0.2) is 0 Å². The van der Waals surface area contributed by atoms with Gasteiger partial charge in [-0.05, 0) is 17.7 Å². The highest BCUT2D eigenvalue weighted by Gasteiger charge is 2.35. The summed E-state index contributed by atoms with van der Waals surface area (Å²) in [5.41, 5.74) is 3.55. The van der Waals surface area contributed by atoms with Gasteiger partial charge in [-0.25, -0.2) is 0 Å². The molecule has 0 unspecified atom stereocenters. The van der Waals surface area contributed by atoms with Crippen LogP contribution in [0, 0.1) is 5.41 Å². The molecule has 21 heavy (non-hydrogen) atoms. The maximum atomic E-state index is 6.04. The van der Waals surface area contributed by atoms with E-state index >= 15 is 0 Å². The number of hydrogen-bond donors (Lipinski definition) is 0. The van der Waals surface area contributed by atoms with Crippen LogP contribution >= 0.6 is 0 Å². The largest absolute Gasteiger partial charge is 0.497 e. The quantitative estimate of drug-likeness (QED) is 0.816. The zero-order valence-corrected chi connectivity index (χ0v) is 12.7. The molecule has 1 aliphatic rings. The first-order chi connectivity index (χ1) is 10.1. The van der Waals surface area contributed by atoms with Crippen LogP contribution in [-0.2, 0) is 4.74 Å². The predicted octanol–water partition coefficient (Wildman–Crippen LogP) is 4.62. The van der Waals surface area contributed by atoms with Crippen LogP contribution in [0.25, 0.3) is 11.3 Å². The summed E-state index contributed by atoms with van der Waals surface area (Å²) >= 11 is 0. The van der Waals surface area contributed by atoms with Crippen molar-refractivity contribution in [2.45, 2.75) is 13.8 Å². The number of benzene rings is 2. The second kappa shape index (κ2) is 5.28. The Morgan fingerprint density at radius 3 is 2.38 bits per heavy atom. The third-order valence-electron chi connectivity index (χ3n) is 3.88. The summed E-state index contributed by atoms with van der Waals surface area (Å²) in [5, 5.41) is 0. The van der Waals surface area contributed by atoms with Crippen LogP contribution in [0.5, 0.6) is 5.75 Å². The lowest BCUT2D eigenvalue weighted by atomic mass is 9.81. The van der Waals surface area contributed by atoms with Crippen molar-refractivity contribution in [3.05, 3.63) is 65.7 Å². The molecule has 0 radical (unpaired) electrons. The average Bonchev–Trinajstić information content (AvgIpc) is 2.83. The standard InChI is InChI=1S/C19H20O2/c1-19(2)13-21-18(15-10-7-11-16(12-15)20-3)17(19)14-8-5-4-6-9-14/h4-12H,13H2,1-3H3. The van der Waals surface area contributed by atoms with Crippen LogP contribution in [0.2, 0.25) is 0 Å². The molecular formula is C19H20O2. The molecule has 0 amide bonds. The maximum absolute atomic E-state index is 6.04. The van der Waals surface area contributed by atoms with Crippen LogP contribution in [0.1, 0.15) is 25.0 Å². The Bertz CT molecular complexity index is 669. The van der Waals surface area contributed by atoms with Gasteiger partial charge in [0.1, 0.15) is 11.5 Å². The number of methoxy groups -OCH3 is 1. The van der Waals surface area contributed by atoms with Crippen molar-refractivity contribution in [2.75, 3.05) is 13.7 Å². The van der Waals surface area contributed by atoms with Gasteiger partial charge < -0.3 is 9.47 Å². The fraction of sp³-hybridized carbons (Fsp3) is 0.263. The van der Waals surface area contributed by atoms with Crippen LogP contribution in [0.3, 0.4) is 0 Å². The van der Waals surface area contributed by atoms with Crippen LogP contribution < -0.4 is 4.74 Å². The number of hydrogen-bond acceptors (Lipinski definition) is 2. The molecule has 0 spiro atoms. The fourth-order valence-corrected chi connectivity index (χ4v) is 2.82. The zero-order valence-electron chi connectivity index (χ0n) is 12.7. The summed E-state index contributed by atoms with van der Waals surface area (Å²) in [6.45, 7) is 5.15. The Morgan fingerprint density at radius 2 is 1.67 bits per heavy atom. The molecule has 3 rings (SSSR count). The molecule has 108 valence electrons. The molecule has 0 atom stereocenters. The zero-order chi connectivity index (χ0) is 14.9. The highest BCUT2D eigenvalue weighted by Crippen LogP contribution is 2.46. The van der Waals surface area contributed by atoms with E-state index in [1.165, 1.54) is 11.1 Å². The van der Waals surface area contributed by atoms with Crippen LogP contribution in [0.15, 0.2) is 54.6 Å². The summed E-state index contributed by atoms with van der Waals surface area (Å²) in [4.78, 5) is 0. The Balaban J connectivity index is 2.17. The van der Waals surface area contributed by atoms with E-state index in [1.54, 1.807) is 7.11 Å². The molecular weight excluding hydrogens is 260 g/mol. The molecule has 0 N–H and O–H groups in total. The lowest BCUT2D eigenvalue weighted by Crippen LogP contribution is -2.14. The van der Waals surface area contributed by atoms with Crippen molar-refractivity contribution in [1.82, 2.24) is 0 Å². The normalized spacial score (nSPS) is 16.7. The Kier molecular flexibility index (Phi) is 3.46. The van der Waals surface area contributed by atoms with Gasteiger partial charge in [-0.2, -0.15) is 0 Å². The lowest BCUT2D eigenvalue weighted by molar-refractivity contribution is 0.229. The van der Waals surface area contributed by atoms with E-state index in [2.05, 4.69) is 44.2 Å². The second-order valence-electron chi connectivity index (χ2n) is 5.97. The summed E-state index contributed by atoms with van der Waals surface area (Å²) in [5.74, 6) is 1.81. The minimum Gasteiger partial charge on any atom is -0.497 e. The van der Waals surface area contributed by atoms with Gasteiger partial charge in [0.25, 0.3) is 0 Å². The SMILES string of the molecule is COc1cccc(C2=C(c3ccccc3)C(C)(C)CO2)c1. The lowest BCUT2D eigenvalue weighted by Gasteiger charge is -2.20. The van der Waals surface area contributed by atoms with Crippen molar-refractivity contribution in [3.8, 4) is 5.75 Å². The van der Waals surface area contributed by atoms with Crippen molar-refractivity contribution in [2.24, 2.45) is 5.41 Å². The summed E-state index contributed by atoms with van der Waals surface area (Å²) in [6.07, 6.45) is 0. The topological polar surface area (TPSA) is 18.5 Å². The maximum Gasteiger partial charge on any atom is 0.131 e. The van der Waals surface area contributed by atoms with Crippen molar-refractivity contribution >= 4 is 11.3 Å². The second-order valence-corrected chi connectivity index (χ2v) is 5.97. The molecule has 2 aromatic rings. The molecule has 1 heterocycles. The monoisotopic (exact) mass is 280 g/mol. The first kappa shape index (κ1) is 13.7. The molecule has 2 heteroatoms. The number of ether oxygens (including phenoxy) is 2. The van der Waals surface area contributed by atoms with Gasteiger partial charge >= 0.3 is 0 Å². The van der Waals surface area contributed by atoms with E-state index in [-0.39, 0.29) is 5.41 Å². The predicted molar refractivity (Wildman–Crippen MR) is 86.0 cm³/mol. The fourth-order valence-electron chi connectivity index (χ4n) is 2.82. The molecule has 0 saturated carbocycles. The molecule has 0 saturated heterocycles. The van der Waals surface area contributed by atoms with Gasteiger partial charge in [0.05, 0.1) is 13.7 Å². The summed E-state index contributed by atoms with van der Waals surface area (Å²) in [6, 6.07) is 18.5. The molecule has 0 aromatic heterocycles. The van der Waals surface area contributed by atoms with Gasteiger partial charge in [0.2, 0.25) is 0 Å². The molecule has 0 aliphatic carbocycles. The first-order valence-electron chi connectivity index (χ1n) is 7.19. The van der Waals surface area contributed by atoms with Crippen LogP contribution in [0.4, 0.5) is 0 Å². The van der Waals surface area contributed by atoms with Crippen molar-refractivity contribution in [1.29, 1.82) is 0 Å². The molecule has 2 aromatic carbocycles. The molecule has 0 bridgehead atoms. The van der Waals surface area contributed by atoms with Gasteiger partial charge in [-0.15, -0.1) is 0 Å². The van der Waals surface area contributed by atoms with Crippen LogP contribution in [-0.4, -0.2) is 13.7 Å².